The average molecular weight is 529 g/mol. The van der Waals surface area contributed by atoms with Gasteiger partial charge in [-0.3, -0.25) is 4.79 Å². The molecule has 6 heteroatoms. The van der Waals surface area contributed by atoms with Crippen molar-refractivity contribution in [1.82, 2.24) is 0 Å². The molecule has 2 spiro atoms. The van der Waals surface area contributed by atoms with Gasteiger partial charge in [-0.25, -0.2) is 0 Å². The third-order valence-corrected chi connectivity index (χ3v) is 14.6. The number of aldehydes is 1. The molecule has 2 aliphatic heterocycles. The van der Waals surface area contributed by atoms with E-state index in [0.29, 0.717) is 38.4 Å². The highest BCUT2D eigenvalue weighted by molar-refractivity contribution is 5.84. The maximum absolute atomic E-state index is 13.8. The molecule has 7 rings (SSSR count). The summed E-state index contributed by atoms with van der Waals surface area (Å²) in [6.45, 7) is 15.2. The van der Waals surface area contributed by atoms with Crippen LogP contribution < -0.4 is 0 Å². The summed E-state index contributed by atoms with van der Waals surface area (Å²) in [7, 11) is 0. The van der Waals surface area contributed by atoms with Crippen LogP contribution in [0.1, 0.15) is 106 Å². The predicted octanol–water partition coefficient (Wildman–Crippen LogP) is 5.44. The normalized spacial score (nSPS) is 55.3. The summed E-state index contributed by atoms with van der Waals surface area (Å²) >= 11 is 0. The minimum absolute atomic E-state index is 0.0607. The monoisotopic (exact) mass is 528 g/mol. The molecular formula is C32H48O6. The van der Waals surface area contributed by atoms with Gasteiger partial charge in [0.05, 0.1) is 30.1 Å². The van der Waals surface area contributed by atoms with Crippen LogP contribution in [0.15, 0.2) is 0 Å². The molecule has 0 aromatic heterocycles. The van der Waals surface area contributed by atoms with E-state index in [1.807, 2.05) is 0 Å². The first-order valence-corrected chi connectivity index (χ1v) is 15.4. The lowest BCUT2D eigenvalue weighted by Crippen LogP contribution is -2.78. The fourth-order valence-electron chi connectivity index (χ4n) is 12.7. The Labute approximate surface area is 227 Å². The van der Waals surface area contributed by atoms with Crippen LogP contribution in [0.4, 0.5) is 0 Å². The van der Waals surface area contributed by atoms with Gasteiger partial charge in [0, 0.05) is 17.8 Å². The van der Waals surface area contributed by atoms with E-state index in [1.54, 1.807) is 0 Å². The first-order valence-electron chi connectivity index (χ1n) is 15.4. The number of carbonyl (C=O) groups is 2. The van der Waals surface area contributed by atoms with E-state index in [9.17, 15) is 14.7 Å². The maximum atomic E-state index is 13.8. The van der Waals surface area contributed by atoms with Crippen molar-refractivity contribution in [2.45, 2.75) is 123 Å². The van der Waals surface area contributed by atoms with Crippen LogP contribution in [0, 0.1) is 50.2 Å². The molecule has 0 radical (unpaired) electrons. The molecule has 0 aromatic rings. The second-order valence-electron chi connectivity index (χ2n) is 16.3. The lowest BCUT2D eigenvalue weighted by Gasteiger charge is -2.74. The summed E-state index contributed by atoms with van der Waals surface area (Å²) in [4.78, 5) is 27.5. The van der Waals surface area contributed by atoms with Crippen LogP contribution in [0.2, 0.25) is 0 Å². The number of fused-ring (bicyclic) bond motifs is 4. The van der Waals surface area contributed by atoms with E-state index in [1.165, 1.54) is 6.29 Å². The van der Waals surface area contributed by atoms with Crippen molar-refractivity contribution in [1.29, 1.82) is 0 Å². The van der Waals surface area contributed by atoms with E-state index in [2.05, 4.69) is 41.5 Å². The smallest absolute Gasteiger partial charge is 0.313 e. The Hall–Kier alpha value is -0.980. The van der Waals surface area contributed by atoms with Gasteiger partial charge in [-0.05, 0) is 85.9 Å². The first kappa shape index (κ1) is 26.0. The van der Waals surface area contributed by atoms with Gasteiger partial charge in [0.15, 0.2) is 11.4 Å². The van der Waals surface area contributed by atoms with Crippen molar-refractivity contribution in [3.63, 3.8) is 0 Å². The minimum Gasteiger partial charge on any atom is -0.454 e. The van der Waals surface area contributed by atoms with Gasteiger partial charge in [-0.2, -0.15) is 0 Å². The van der Waals surface area contributed by atoms with E-state index in [4.69, 9.17) is 14.2 Å². The Morgan fingerprint density at radius 3 is 2.21 bits per heavy atom. The topological polar surface area (TPSA) is 82.1 Å². The molecule has 1 N–H and O–H groups in total. The first-order chi connectivity index (χ1) is 17.7. The van der Waals surface area contributed by atoms with Crippen LogP contribution in [-0.4, -0.2) is 48.1 Å². The zero-order valence-electron chi connectivity index (χ0n) is 24.4. The Morgan fingerprint density at radius 1 is 0.842 bits per heavy atom. The minimum atomic E-state index is -1.11. The van der Waals surface area contributed by atoms with Crippen LogP contribution in [0.5, 0.6) is 0 Å². The summed E-state index contributed by atoms with van der Waals surface area (Å²) in [5.41, 5.74) is -3.06. The molecule has 0 aromatic carbocycles. The summed E-state index contributed by atoms with van der Waals surface area (Å²) in [6.07, 6.45) is 8.58. The van der Waals surface area contributed by atoms with Gasteiger partial charge in [-0.1, -0.05) is 41.5 Å². The van der Waals surface area contributed by atoms with Crippen LogP contribution in [-0.2, 0) is 23.8 Å². The molecular weight excluding hydrogens is 480 g/mol. The van der Waals surface area contributed by atoms with Gasteiger partial charge in [0.1, 0.15) is 6.29 Å². The van der Waals surface area contributed by atoms with Crippen molar-refractivity contribution >= 4 is 12.3 Å². The Morgan fingerprint density at radius 2 is 1.53 bits per heavy atom. The second kappa shape index (κ2) is 7.26. The van der Waals surface area contributed by atoms with E-state index >= 15 is 0 Å². The third kappa shape index (κ3) is 2.51. The predicted molar refractivity (Wildman–Crippen MR) is 141 cm³/mol. The SMILES string of the molecule is CC1(C)CC[C@@]23CC[C@]4(C=O)[C@@](OC2=O)([C@@H]3C1)[C@@H](O)C[C@@H]1[C@@]2(C)CCC3(OCCO3)C(C)(C)[C@@H]2CC[C@]14C. The zero-order valence-corrected chi connectivity index (χ0v) is 24.4. The number of esters is 1. The Bertz CT molecular complexity index is 1080. The number of ether oxygens (including phenoxy) is 3. The van der Waals surface area contributed by atoms with E-state index in [0.717, 1.165) is 44.9 Å². The summed E-state index contributed by atoms with van der Waals surface area (Å²) in [5, 5.41) is 12.3. The second-order valence-corrected chi connectivity index (χ2v) is 16.3. The van der Waals surface area contributed by atoms with Crippen molar-refractivity contribution in [2.24, 2.45) is 50.2 Å². The summed E-state index contributed by atoms with van der Waals surface area (Å²) < 4.78 is 19.2. The van der Waals surface area contributed by atoms with Gasteiger partial charge in [0.2, 0.25) is 0 Å². The molecule has 2 heterocycles. The van der Waals surface area contributed by atoms with Gasteiger partial charge >= 0.3 is 5.97 Å². The summed E-state index contributed by atoms with van der Waals surface area (Å²) in [6, 6.07) is 0. The molecule has 0 unspecified atom stereocenters. The molecule has 5 saturated carbocycles. The lowest BCUT2D eigenvalue weighted by atomic mass is 9.30. The molecule has 212 valence electrons. The molecule has 38 heavy (non-hydrogen) atoms. The molecule has 0 amide bonds. The van der Waals surface area contributed by atoms with Gasteiger partial charge in [0.25, 0.3) is 0 Å². The lowest BCUT2D eigenvalue weighted by molar-refractivity contribution is -0.335. The van der Waals surface area contributed by atoms with Gasteiger partial charge < -0.3 is 24.1 Å². The van der Waals surface area contributed by atoms with E-state index < -0.39 is 28.3 Å². The number of aliphatic hydroxyl groups excluding tert-OH is 1. The standard InChI is InChI=1S/C32H48O6/c1-25(2)9-11-29-12-13-30(19-33)28(6)8-7-20-26(3,4)31(36-15-16-37-31)14-10-27(20,5)21(28)17-23(34)32(30,22(29)18-25)38-24(29)35/h19-23,34H,7-18H2,1-6H3/t20-,21+,22+,23-,27-,28+,29-,30+,32+/m0/s1. The number of rotatable bonds is 1. The number of hydrogen-bond acceptors (Lipinski definition) is 6. The highest BCUT2D eigenvalue weighted by Crippen LogP contribution is 2.81. The van der Waals surface area contributed by atoms with Crippen LogP contribution in [0.3, 0.4) is 0 Å². The molecule has 7 aliphatic rings. The maximum Gasteiger partial charge on any atom is 0.313 e. The highest BCUT2D eigenvalue weighted by Gasteiger charge is 2.85. The van der Waals surface area contributed by atoms with Crippen molar-refractivity contribution in [3.8, 4) is 0 Å². The zero-order chi connectivity index (χ0) is 27.2. The number of hydrogen-bond donors (Lipinski definition) is 1. The molecule has 5 aliphatic carbocycles. The molecule has 6 nitrogen and oxygen atoms in total. The highest BCUT2D eigenvalue weighted by atomic mass is 16.7. The molecule has 2 bridgehead atoms. The van der Waals surface area contributed by atoms with Gasteiger partial charge in [-0.15, -0.1) is 0 Å². The average Bonchev–Trinajstić information content (AvgIpc) is 3.40. The Balaban J connectivity index is 1.36. The molecule has 9 atom stereocenters. The number of aliphatic hydroxyl groups is 1. The largest absolute Gasteiger partial charge is 0.454 e. The van der Waals surface area contributed by atoms with Crippen molar-refractivity contribution < 1.29 is 28.9 Å². The van der Waals surface area contributed by atoms with E-state index in [-0.39, 0.29) is 39.5 Å². The summed E-state index contributed by atoms with van der Waals surface area (Å²) in [5.74, 6) is -0.275. The quantitative estimate of drug-likeness (QED) is 0.361. The third-order valence-electron chi connectivity index (χ3n) is 14.6. The Kier molecular flexibility index (Phi) is 4.96. The van der Waals surface area contributed by atoms with Crippen molar-refractivity contribution in [2.75, 3.05) is 13.2 Å². The molecule has 2 saturated heterocycles. The fourth-order valence-corrected chi connectivity index (χ4v) is 12.7. The molecule has 7 fully saturated rings. The van der Waals surface area contributed by atoms with Crippen LogP contribution >= 0.6 is 0 Å². The number of carbonyl (C=O) groups excluding carboxylic acids is 2. The van der Waals surface area contributed by atoms with Crippen molar-refractivity contribution in [3.05, 3.63) is 0 Å². The van der Waals surface area contributed by atoms with Crippen LogP contribution in [0.25, 0.3) is 0 Å². The fraction of sp³-hybridized carbons (Fsp3) is 0.938.